The molecule has 0 radical (unpaired) electrons. The molecule has 2 atom stereocenters. The van der Waals surface area contributed by atoms with Gasteiger partial charge in [-0.1, -0.05) is 65.3 Å². The molecule has 1 fully saturated rings. The zero-order chi connectivity index (χ0) is 19.7. The second-order valence-corrected chi connectivity index (χ2v) is 9.26. The minimum absolute atomic E-state index is 0.119. The van der Waals surface area contributed by atoms with Gasteiger partial charge in [0.25, 0.3) is 0 Å². The molecule has 0 bridgehead atoms. The van der Waals surface area contributed by atoms with Gasteiger partial charge in [-0.05, 0) is 50.5 Å². The van der Waals surface area contributed by atoms with Crippen molar-refractivity contribution in [1.82, 2.24) is 4.90 Å². The largest absolute Gasteiger partial charge is 0.444 e. The first-order chi connectivity index (χ1) is 12.7. The number of amides is 1. The van der Waals surface area contributed by atoms with Gasteiger partial charge in [0.15, 0.2) is 0 Å². The Kier molecular flexibility index (Phi) is 5.66. The molecule has 3 rings (SSSR count). The molecule has 0 aliphatic carbocycles. The number of hydrogen-bond acceptors (Lipinski definition) is 2. The lowest BCUT2D eigenvalue weighted by Crippen LogP contribution is -2.38. The van der Waals surface area contributed by atoms with E-state index < -0.39 is 5.60 Å². The van der Waals surface area contributed by atoms with Gasteiger partial charge in [-0.25, -0.2) is 4.79 Å². The Hall–Kier alpha value is -1.81. The smallest absolute Gasteiger partial charge is 0.410 e. The van der Waals surface area contributed by atoms with Crippen molar-refractivity contribution in [3.8, 4) is 0 Å². The lowest BCUT2D eigenvalue weighted by Gasteiger charge is -2.34. The van der Waals surface area contributed by atoms with E-state index in [1.165, 1.54) is 11.1 Å². The molecule has 1 saturated heterocycles. The van der Waals surface area contributed by atoms with Crippen molar-refractivity contribution in [2.24, 2.45) is 0 Å². The molecule has 2 aromatic carbocycles. The van der Waals surface area contributed by atoms with E-state index in [1.54, 1.807) is 0 Å². The van der Waals surface area contributed by atoms with Gasteiger partial charge < -0.3 is 9.64 Å². The maximum absolute atomic E-state index is 12.8. The van der Waals surface area contributed by atoms with E-state index in [-0.39, 0.29) is 17.4 Å². The number of carbonyl (C=O) groups excluding carboxylic acids is 1. The molecule has 1 heterocycles. The number of nitrogens with zero attached hydrogens (tertiary/aromatic N) is 1. The van der Waals surface area contributed by atoms with E-state index in [2.05, 4.69) is 71.4 Å². The monoisotopic (exact) mass is 429 g/mol. The molecule has 4 heteroatoms. The third kappa shape index (κ3) is 4.21. The van der Waals surface area contributed by atoms with Crippen molar-refractivity contribution in [3.05, 3.63) is 70.2 Å². The first kappa shape index (κ1) is 19.9. The molecule has 27 heavy (non-hydrogen) atoms. The number of benzene rings is 2. The highest BCUT2D eigenvalue weighted by Gasteiger charge is 2.49. The fourth-order valence-electron chi connectivity index (χ4n) is 4.12. The van der Waals surface area contributed by atoms with Crippen LogP contribution in [0.4, 0.5) is 4.79 Å². The Morgan fingerprint density at radius 3 is 2.33 bits per heavy atom. The van der Waals surface area contributed by atoms with Crippen molar-refractivity contribution in [1.29, 1.82) is 0 Å². The topological polar surface area (TPSA) is 29.5 Å². The van der Waals surface area contributed by atoms with Crippen LogP contribution in [0.15, 0.2) is 59.1 Å². The number of ether oxygens (including phenoxy) is 1. The molecule has 1 amide bonds. The summed E-state index contributed by atoms with van der Waals surface area (Å²) in [6.45, 7) is 9.30. The highest BCUT2D eigenvalue weighted by Crippen LogP contribution is 2.48. The Balaban J connectivity index is 2.01. The fourth-order valence-corrected chi connectivity index (χ4v) is 4.38. The predicted octanol–water partition coefficient (Wildman–Crippen LogP) is 6.13. The van der Waals surface area contributed by atoms with E-state index in [0.29, 0.717) is 13.1 Å². The molecule has 0 aromatic heterocycles. The Labute approximate surface area is 170 Å². The van der Waals surface area contributed by atoms with Crippen molar-refractivity contribution in [2.75, 3.05) is 13.1 Å². The summed E-state index contributed by atoms with van der Waals surface area (Å²) in [6.07, 6.45) is 0.729. The third-order valence-corrected chi connectivity index (χ3v) is 5.98. The molecule has 2 unspecified atom stereocenters. The van der Waals surface area contributed by atoms with Crippen molar-refractivity contribution in [3.63, 3.8) is 0 Å². The SMILES string of the molecule is CCC1(c2ccccc2)CN(C(=O)OC(C)(C)C)CC1c1ccc(Br)cc1. The predicted molar refractivity (Wildman–Crippen MR) is 113 cm³/mol. The number of carbonyl (C=O) groups is 1. The molecule has 1 aliphatic rings. The zero-order valence-electron chi connectivity index (χ0n) is 16.5. The van der Waals surface area contributed by atoms with Crippen LogP contribution in [-0.2, 0) is 10.2 Å². The van der Waals surface area contributed by atoms with Crippen LogP contribution in [0.2, 0.25) is 0 Å². The van der Waals surface area contributed by atoms with Crippen LogP contribution in [0.25, 0.3) is 0 Å². The molecular formula is C23H28BrNO2. The van der Waals surface area contributed by atoms with E-state index in [1.807, 2.05) is 31.7 Å². The van der Waals surface area contributed by atoms with Crippen LogP contribution in [0, 0.1) is 0 Å². The Morgan fingerprint density at radius 2 is 1.78 bits per heavy atom. The standard InChI is InChI=1S/C23H28BrNO2/c1-5-23(18-9-7-6-8-10-18)16-25(21(26)27-22(2,3)4)15-20(23)17-11-13-19(24)14-12-17/h6-14,20H,5,15-16H2,1-4H3. The molecule has 2 aromatic rings. The van der Waals surface area contributed by atoms with Crippen molar-refractivity contribution >= 4 is 22.0 Å². The Bertz CT molecular complexity index is 782. The number of halogens is 1. The normalized spacial score (nSPS) is 22.7. The molecule has 144 valence electrons. The van der Waals surface area contributed by atoms with E-state index in [0.717, 1.165) is 10.9 Å². The second kappa shape index (κ2) is 7.67. The molecule has 0 saturated carbocycles. The first-order valence-corrected chi connectivity index (χ1v) is 10.3. The van der Waals surface area contributed by atoms with Gasteiger partial charge in [0.2, 0.25) is 0 Å². The van der Waals surface area contributed by atoms with Crippen molar-refractivity contribution in [2.45, 2.75) is 51.0 Å². The van der Waals surface area contributed by atoms with E-state index >= 15 is 0 Å². The maximum atomic E-state index is 12.8. The van der Waals surface area contributed by atoms with Gasteiger partial charge in [0, 0.05) is 28.9 Å². The van der Waals surface area contributed by atoms with Crippen LogP contribution in [-0.4, -0.2) is 29.7 Å². The average molecular weight is 430 g/mol. The summed E-state index contributed by atoms with van der Waals surface area (Å²) in [5, 5.41) is 0. The van der Waals surface area contributed by atoms with E-state index in [9.17, 15) is 4.79 Å². The second-order valence-electron chi connectivity index (χ2n) is 8.34. The zero-order valence-corrected chi connectivity index (χ0v) is 18.1. The molecular weight excluding hydrogens is 402 g/mol. The summed E-state index contributed by atoms with van der Waals surface area (Å²) in [6, 6.07) is 19.1. The number of hydrogen-bond donors (Lipinski definition) is 0. The van der Waals surface area contributed by atoms with E-state index in [4.69, 9.17) is 4.74 Å². The van der Waals surface area contributed by atoms with Crippen molar-refractivity contribution < 1.29 is 9.53 Å². The van der Waals surface area contributed by atoms with Crippen LogP contribution < -0.4 is 0 Å². The van der Waals surface area contributed by atoms with Crippen LogP contribution >= 0.6 is 15.9 Å². The van der Waals surface area contributed by atoms with Gasteiger partial charge in [0.05, 0.1) is 0 Å². The molecule has 1 aliphatic heterocycles. The van der Waals surface area contributed by atoms with Gasteiger partial charge >= 0.3 is 6.09 Å². The highest BCUT2D eigenvalue weighted by atomic mass is 79.9. The first-order valence-electron chi connectivity index (χ1n) is 9.54. The fraction of sp³-hybridized carbons (Fsp3) is 0.435. The van der Waals surface area contributed by atoms with Gasteiger partial charge in [-0.15, -0.1) is 0 Å². The summed E-state index contributed by atoms with van der Waals surface area (Å²) in [5.41, 5.74) is 1.93. The summed E-state index contributed by atoms with van der Waals surface area (Å²) < 4.78 is 6.74. The minimum Gasteiger partial charge on any atom is -0.444 e. The summed E-state index contributed by atoms with van der Waals surface area (Å²) in [7, 11) is 0. The van der Waals surface area contributed by atoms with Gasteiger partial charge in [-0.3, -0.25) is 0 Å². The number of likely N-dealkylation sites (tertiary alicyclic amines) is 1. The summed E-state index contributed by atoms with van der Waals surface area (Å²) in [4.78, 5) is 14.7. The molecule has 3 nitrogen and oxygen atoms in total. The number of rotatable bonds is 3. The summed E-state index contributed by atoms with van der Waals surface area (Å²) >= 11 is 3.53. The maximum Gasteiger partial charge on any atom is 0.410 e. The molecule has 0 N–H and O–H groups in total. The van der Waals surface area contributed by atoms with Gasteiger partial charge in [0.1, 0.15) is 5.60 Å². The lowest BCUT2D eigenvalue weighted by molar-refractivity contribution is 0.0282. The lowest BCUT2D eigenvalue weighted by atomic mass is 9.68. The highest BCUT2D eigenvalue weighted by molar-refractivity contribution is 9.10. The van der Waals surface area contributed by atoms with Crippen LogP contribution in [0.1, 0.15) is 51.2 Å². The van der Waals surface area contributed by atoms with Gasteiger partial charge in [-0.2, -0.15) is 0 Å². The Morgan fingerprint density at radius 1 is 1.15 bits per heavy atom. The summed E-state index contributed by atoms with van der Waals surface area (Å²) in [5.74, 6) is 0.227. The average Bonchev–Trinajstić information content (AvgIpc) is 3.03. The van der Waals surface area contributed by atoms with Crippen LogP contribution in [0.3, 0.4) is 0 Å². The minimum atomic E-state index is -0.492. The quantitative estimate of drug-likeness (QED) is 0.586. The molecule has 0 spiro atoms. The third-order valence-electron chi connectivity index (χ3n) is 5.45. The van der Waals surface area contributed by atoms with Crippen LogP contribution in [0.5, 0.6) is 0 Å².